The summed E-state index contributed by atoms with van der Waals surface area (Å²) < 4.78 is 5.35. The topological polar surface area (TPSA) is 88.6 Å². The van der Waals surface area contributed by atoms with Crippen LogP contribution in [0.2, 0.25) is 0 Å². The second kappa shape index (κ2) is 7.63. The maximum absolute atomic E-state index is 12.6. The van der Waals surface area contributed by atoms with Crippen molar-refractivity contribution in [1.82, 2.24) is 9.88 Å². The molecule has 136 valence electrons. The molecular formula is C18H25N3O4. The molecule has 1 aliphatic rings. The van der Waals surface area contributed by atoms with E-state index in [0.29, 0.717) is 19.4 Å². The van der Waals surface area contributed by atoms with Gasteiger partial charge in [-0.2, -0.15) is 0 Å². The maximum atomic E-state index is 12.6. The molecule has 1 atom stereocenters. The quantitative estimate of drug-likeness (QED) is 0.826. The lowest BCUT2D eigenvalue weighted by Gasteiger charge is -2.26. The predicted octanol–water partition coefficient (Wildman–Crippen LogP) is 2.38. The molecule has 7 heteroatoms. The molecule has 0 saturated carbocycles. The Hall–Kier alpha value is -2.44. The number of carbonyl (C=O) groups is 3. The molecule has 2 rings (SSSR count). The number of hydrogen-bond acceptors (Lipinski definition) is 5. The zero-order chi connectivity index (χ0) is 18.6. The number of hydrogen-bond donors (Lipinski definition) is 1. The number of amides is 2. The number of likely N-dealkylation sites (tertiary alicyclic amines) is 1. The van der Waals surface area contributed by atoms with Crippen molar-refractivity contribution in [3.63, 3.8) is 0 Å². The lowest BCUT2D eigenvalue weighted by molar-refractivity contribution is -0.135. The molecule has 2 amide bonds. The van der Waals surface area contributed by atoms with Gasteiger partial charge in [-0.05, 0) is 45.7 Å². The van der Waals surface area contributed by atoms with Crippen molar-refractivity contribution < 1.29 is 19.1 Å². The van der Waals surface area contributed by atoms with E-state index < -0.39 is 17.6 Å². The Morgan fingerprint density at radius 3 is 2.68 bits per heavy atom. The average molecular weight is 347 g/mol. The van der Waals surface area contributed by atoms with Crippen LogP contribution in [0.3, 0.4) is 0 Å². The van der Waals surface area contributed by atoms with E-state index in [9.17, 15) is 14.4 Å². The van der Waals surface area contributed by atoms with Crippen LogP contribution in [0.4, 0.5) is 5.82 Å². The van der Waals surface area contributed by atoms with Gasteiger partial charge < -0.3 is 15.0 Å². The van der Waals surface area contributed by atoms with Crippen molar-refractivity contribution in [2.45, 2.75) is 58.6 Å². The highest BCUT2D eigenvalue weighted by molar-refractivity contribution is 6.02. The summed E-state index contributed by atoms with van der Waals surface area (Å²) in [6.07, 6.45) is 3.21. The Bertz CT molecular complexity index is 667. The predicted molar refractivity (Wildman–Crippen MR) is 93.1 cm³/mol. The number of nitrogens with zero attached hydrogens (tertiary/aromatic N) is 2. The van der Waals surface area contributed by atoms with Crippen LogP contribution in [0.1, 0.15) is 57.3 Å². The third kappa shape index (κ3) is 4.78. The van der Waals surface area contributed by atoms with E-state index in [1.54, 1.807) is 37.8 Å². The number of rotatable bonds is 5. The molecule has 1 saturated heterocycles. The summed E-state index contributed by atoms with van der Waals surface area (Å²) in [6.45, 7) is 7.73. The van der Waals surface area contributed by atoms with Crippen LogP contribution in [0.5, 0.6) is 0 Å². The van der Waals surface area contributed by atoms with Gasteiger partial charge in [0.1, 0.15) is 23.0 Å². The summed E-state index contributed by atoms with van der Waals surface area (Å²) in [5, 5.41) is 2.68. The number of aromatic nitrogens is 1. The summed E-state index contributed by atoms with van der Waals surface area (Å²) in [5.74, 6) is -0.773. The van der Waals surface area contributed by atoms with E-state index in [1.165, 1.54) is 6.20 Å². The largest absolute Gasteiger partial charge is 0.456 e. The van der Waals surface area contributed by atoms with Crippen LogP contribution in [0, 0.1) is 0 Å². The Kier molecular flexibility index (Phi) is 5.77. The van der Waals surface area contributed by atoms with Crippen molar-refractivity contribution >= 4 is 23.6 Å². The van der Waals surface area contributed by atoms with Crippen molar-refractivity contribution in [2.24, 2.45) is 0 Å². The lowest BCUT2D eigenvalue weighted by atomic mass is 10.1. The van der Waals surface area contributed by atoms with Gasteiger partial charge in [0.25, 0.3) is 0 Å². The Morgan fingerprint density at radius 1 is 1.40 bits per heavy atom. The van der Waals surface area contributed by atoms with Crippen LogP contribution in [-0.4, -0.2) is 45.9 Å². The number of pyridine rings is 1. The molecule has 7 nitrogen and oxygen atoms in total. The number of carbonyl (C=O) groups excluding carboxylic acids is 3. The molecule has 25 heavy (non-hydrogen) atoms. The van der Waals surface area contributed by atoms with Crippen LogP contribution >= 0.6 is 0 Å². The molecule has 1 N–H and O–H groups in total. The van der Waals surface area contributed by atoms with Crippen molar-refractivity contribution in [2.75, 3.05) is 11.9 Å². The van der Waals surface area contributed by atoms with E-state index in [0.717, 1.165) is 6.42 Å². The molecule has 0 radical (unpaired) electrons. The highest BCUT2D eigenvalue weighted by atomic mass is 16.6. The molecule has 0 bridgehead atoms. The number of ether oxygens (including phenoxy) is 1. The number of esters is 1. The van der Waals surface area contributed by atoms with Crippen LogP contribution in [0.25, 0.3) is 0 Å². The molecule has 2 heterocycles. The van der Waals surface area contributed by atoms with E-state index in [1.807, 2.05) is 6.92 Å². The fourth-order valence-corrected chi connectivity index (χ4v) is 2.75. The van der Waals surface area contributed by atoms with Crippen LogP contribution in [0.15, 0.2) is 18.3 Å². The maximum Gasteiger partial charge on any atom is 0.342 e. The monoisotopic (exact) mass is 347 g/mol. The minimum Gasteiger partial charge on any atom is -0.456 e. The van der Waals surface area contributed by atoms with Gasteiger partial charge in [-0.25, -0.2) is 9.78 Å². The standard InChI is InChI=1S/C18H25N3O4/c1-5-13(21-11-7-9-14(21)22)16(23)20-15-12(8-6-10-19-15)17(24)25-18(2,3)4/h6,8,10,13H,5,7,9,11H2,1-4H3,(H,19,20,23)/t13-/m1/s1. The number of anilines is 1. The molecule has 0 spiro atoms. The van der Waals surface area contributed by atoms with Crippen molar-refractivity contribution in [3.8, 4) is 0 Å². The second-order valence-electron chi connectivity index (χ2n) is 7.01. The van der Waals surface area contributed by atoms with Gasteiger partial charge in [0.05, 0.1) is 0 Å². The van der Waals surface area contributed by atoms with Crippen LogP contribution < -0.4 is 5.32 Å². The Labute approximate surface area is 147 Å². The Morgan fingerprint density at radius 2 is 2.12 bits per heavy atom. The molecule has 0 unspecified atom stereocenters. The minimum absolute atomic E-state index is 0.0182. The van der Waals surface area contributed by atoms with Crippen molar-refractivity contribution in [1.29, 1.82) is 0 Å². The van der Waals surface area contributed by atoms with E-state index >= 15 is 0 Å². The summed E-state index contributed by atoms with van der Waals surface area (Å²) in [7, 11) is 0. The van der Waals surface area contributed by atoms with Gasteiger partial charge in [-0.3, -0.25) is 9.59 Å². The van der Waals surface area contributed by atoms with Gasteiger partial charge in [0.2, 0.25) is 11.8 Å². The third-order valence-electron chi connectivity index (χ3n) is 3.84. The molecule has 0 aliphatic carbocycles. The average Bonchev–Trinajstić information content (AvgIpc) is 2.93. The van der Waals surface area contributed by atoms with Gasteiger partial charge in [-0.1, -0.05) is 6.92 Å². The first kappa shape index (κ1) is 18.9. The van der Waals surface area contributed by atoms with Gasteiger partial charge in [0.15, 0.2) is 0 Å². The second-order valence-corrected chi connectivity index (χ2v) is 7.01. The lowest BCUT2D eigenvalue weighted by Crippen LogP contribution is -2.44. The first-order valence-electron chi connectivity index (χ1n) is 8.51. The fraction of sp³-hybridized carbons (Fsp3) is 0.556. The molecule has 1 aromatic heterocycles. The zero-order valence-corrected chi connectivity index (χ0v) is 15.2. The smallest absolute Gasteiger partial charge is 0.342 e. The SMILES string of the molecule is CC[C@H](C(=O)Nc1ncccc1C(=O)OC(C)(C)C)N1CCCC1=O. The van der Waals surface area contributed by atoms with E-state index in [-0.39, 0.29) is 23.2 Å². The molecule has 1 fully saturated rings. The summed E-state index contributed by atoms with van der Waals surface area (Å²) >= 11 is 0. The normalized spacial score (nSPS) is 15.8. The summed E-state index contributed by atoms with van der Waals surface area (Å²) in [4.78, 5) is 42.6. The summed E-state index contributed by atoms with van der Waals surface area (Å²) in [5.41, 5.74) is -0.462. The minimum atomic E-state index is -0.651. The molecule has 0 aromatic carbocycles. The summed E-state index contributed by atoms with van der Waals surface area (Å²) in [6, 6.07) is 2.60. The Balaban J connectivity index is 2.18. The van der Waals surface area contributed by atoms with Gasteiger partial charge >= 0.3 is 5.97 Å². The van der Waals surface area contributed by atoms with Gasteiger partial charge in [0, 0.05) is 19.2 Å². The third-order valence-corrected chi connectivity index (χ3v) is 3.84. The van der Waals surface area contributed by atoms with E-state index in [2.05, 4.69) is 10.3 Å². The molecule has 1 aromatic rings. The van der Waals surface area contributed by atoms with E-state index in [4.69, 9.17) is 4.74 Å². The van der Waals surface area contributed by atoms with Gasteiger partial charge in [-0.15, -0.1) is 0 Å². The first-order valence-corrected chi connectivity index (χ1v) is 8.51. The van der Waals surface area contributed by atoms with Crippen molar-refractivity contribution in [3.05, 3.63) is 23.9 Å². The zero-order valence-electron chi connectivity index (χ0n) is 15.2. The molecular weight excluding hydrogens is 322 g/mol. The first-order chi connectivity index (χ1) is 11.7. The fourth-order valence-electron chi connectivity index (χ4n) is 2.75. The highest BCUT2D eigenvalue weighted by Crippen LogP contribution is 2.20. The number of nitrogens with one attached hydrogen (secondary N) is 1. The van der Waals surface area contributed by atoms with Crippen LogP contribution in [-0.2, 0) is 14.3 Å². The molecule has 1 aliphatic heterocycles. The highest BCUT2D eigenvalue weighted by Gasteiger charge is 2.32.